The van der Waals surface area contributed by atoms with Crippen LogP contribution in [0.25, 0.3) is 11.3 Å². The highest BCUT2D eigenvalue weighted by atomic mass is 16.5. The molecule has 1 fully saturated rings. The van der Waals surface area contributed by atoms with Gasteiger partial charge < -0.3 is 19.5 Å². The first-order valence-electron chi connectivity index (χ1n) is 11.0. The van der Waals surface area contributed by atoms with Gasteiger partial charge in [-0.1, -0.05) is 34.6 Å². The van der Waals surface area contributed by atoms with Crippen LogP contribution >= 0.6 is 0 Å². The van der Waals surface area contributed by atoms with Gasteiger partial charge in [0.15, 0.2) is 0 Å². The lowest BCUT2D eigenvalue weighted by atomic mass is 10.1. The fraction of sp³-hybridized carbons (Fsp3) is 0.391. The number of carbonyl (C=O) groups is 3. The van der Waals surface area contributed by atoms with E-state index in [1.807, 2.05) is 24.3 Å². The van der Waals surface area contributed by atoms with Crippen LogP contribution in [0.3, 0.4) is 0 Å². The molecule has 1 saturated heterocycles. The van der Waals surface area contributed by atoms with Crippen molar-refractivity contribution < 1.29 is 23.6 Å². The van der Waals surface area contributed by atoms with Crippen molar-refractivity contribution in [2.75, 3.05) is 13.7 Å². The summed E-state index contributed by atoms with van der Waals surface area (Å²) in [5.74, 6) is -0.218. The number of aryl methyl sites for hydroxylation is 1. The number of nitrogens with one attached hydrogen (secondary N) is 1. The minimum absolute atomic E-state index is 0.00759. The van der Waals surface area contributed by atoms with Crippen LogP contribution in [0.5, 0.6) is 0 Å². The van der Waals surface area contributed by atoms with Gasteiger partial charge in [0.1, 0.15) is 24.0 Å². The molecular formula is C23H26N6O5. The van der Waals surface area contributed by atoms with Gasteiger partial charge in [0, 0.05) is 24.7 Å². The van der Waals surface area contributed by atoms with E-state index >= 15 is 0 Å². The molecule has 1 atom stereocenters. The number of methoxy groups -OCH3 is 1. The van der Waals surface area contributed by atoms with Crippen LogP contribution in [0.4, 0.5) is 0 Å². The number of hydrogen-bond donors (Lipinski definition) is 1. The molecule has 11 nitrogen and oxygen atoms in total. The van der Waals surface area contributed by atoms with Gasteiger partial charge in [0.2, 0.25) is 11.8 Å². The summed E-state index contributed by atoms with van der Waals surface area (Å²) in [6.07, 6.45) is 3.17. The molecule has 1 N–H and O–H groups in total. The van der Waals surface area contributed by atoms with Crippen molar-refractivity contribution in [3.8, 4) is 11.3 Å². The lowest BCUT2D eigenvalue weighted by Gasteiger charge is -2.23. The van der Waals surface area contributed by atoms with Crippen molar-refractivity contribution >= 4 is 17.8 Å². The number of hydrogen-bond acceptors (Lipinski definition) is 8. The monoisotopic (exact) mass is 466 g/mol. The first kappa shape index (κ1) is 23.1. The van der Waals surface area contributed by atoms with Gasteiger partial charge in [-0.25, -0.2) is 4.68 Å². The molecule has 34 heavy (non-hydrogen) atoms. The quantitative estimate of drug-likeness (QED) is 0.491. The smallest absolute Gasteiger partial charge is 0.327 e. The van der Waals surface area contributed by atoms with E-state index in [0.29, 0.717) is 31.0 Å². The van der Waals surface area contributed by atoms with Gasteiger partial charge in [-0.3, -0.25) is 14.4 Å². The molecule has 3 heterocycles. The first-order chi connectivity index (χ1) is 16.4. The zero-order chi connectivity index (χ0) is 24.1. The Labute approximate surface area is 196 Å². The zero-order valence-corrected chi connectivity index (χ0v) is 19.1. The standard InChI is InChI=1S/C23H26N6O5/c1-15-10-18(34-26-15)11-21(30)29-9-3-4-20(29)23(32)24-12-16-5-7-17(8-6-16)19-13-28(27-25-19)14-22(31)33-2/h5-8,10,13,20H,3-4,9,11-12,14H2,1-2H3,(H,24,32)/t20-/m0/s1. The molecule has 1 aliphatic heterocycles. The van der Waals surface area contributed by atoms with Crippen molar-refractivity contribution in [2.24, 2.45) is 0 Å². The van der Waals surface area contributed by atoms with Crippen LogP contribution in [-0.4, -0.2) is 62.5 Å². The number of esters is 1. The summed E-state index contributed by atoms with van der Waals surface area (Å²) in [6, 6.07) is 8.77. The third-order valence-corrected chi connectivity index (χ3v) is 5.65. The largest absolute Gasteiger partial charge is 0.468 e. The maximum absolute atomic E-state index is 12.8. The topological polar surface area (TPSA) is 132 Å². The molecule has 0 spiro atoms. The summed E-state index contributed by atoms with van der Waals surface area (Å²) in [6.45, 7) is 2.68. The lowest BCUT2D eigenvalue weighted by molar-refractivity contribution is -0.141. The van der Waals surface area contributed by atoms with E-state index in [2.05, 4.69) is 25.5 Å². The number of likely N-dealkylation sites (tertiary alicyclic amines) is 1. The number of ether oxygens (including phenoxy) is 1. The second-order valence-corrected chi connectivity index (χ2v) is 8.15. The Bertz CT molecular complexity index is 1170. The molecular weight excluding hydrogens is 440 g/mol. The molecule has 11 heteroatoms. The Morgan fingerprint density at radius 2 is 2.03 bits per heavy atom. The van der Waals surface area contributed by atoms with Crippen LogP contribution in [0, 0.1) is 6.92 Å². The number of nitrogens with zero attached hydrogens (tertiary/aromatic N) is 5. The molecule has 0 radical (unpaired) electrons. The van der Waals surface area contributed by atoms with Crippen molar-refractivity contribution in [3.05, 3.63) is 53.5 Å². The van der Waals surface area contributed by atoms with E-state index in [0.717, 1.165) is 23.2 Å². The van der Waals surface area contributed by atoms with E-state index in [1.165, 1.54) is 11.8 Å². The summed E-state index contributed by atoms with van der Waals surface area (Å²) >= 11 is 0. The summed E-state index contributed by atoms with van der Waals surface area (Å²) in [5.41, 5.74) is 3.09. The Balaban J connectivity index is 1.31. The highest BCUT2D eigenvalue weighted by Crippen LogP contribution is 2.20. The second kappa shape index (κ2) is 10.3. The molecule has 1 aromatic carbocycles. The highest BCUT2D eigenvalue weighted by molar-refractivity contribution is 5.88. The predicted octanol–water partition coefficient (Wildman–Crippen LogP) is 1.26. The average molecular weight is 466 g/mol. The number of amides is 2. The molecule has 178 valence electrons. The van der Waals surface area contributed by atoms with Crippen LogP contribution in [0.1, 0.15) is 29.9 Å². The van der Waals surface area contributed by atoms with Crippen LogP contribution < -0.4 is 5.32 Å². The van der Waals surface area contributed by atoms with Crippen molar-refractivity contribution in [2.45, 2.75) is 45.3 Å². The molecule has 0 unspecified atom stereocenters. The lowest BCUT2D eigenvalue weighted by Crippen LogP contribution is -2.46. The van der Waals surface area contributed by atoms with Gasteiger partial charge in [-0.05, 0) is 25.3 Å². The Morgan fingerprint density at radius 3 is 2.74 bits per heavy atom. The molecule has 0 saturated carbocycles. The fourth-order valence-electron chi connectivity index (χ4n) is 3.89. The van der Waals surface area contributed by atoms with Gasteiger partial charge in [0.25, 0.3) is 0 Å². The van der Waals surface area contributed by atoms with Gasteiger partial charge in [-0.15, -0.1) is 5.10 Å². The SMILES string of the molecule is COC(=O)Cn1cc(-c2ccc(CNC(=O)[C@@H]3CCCN3C(=O)Cc3cc(C)no3)cc2)nn1. The summed E-state index contributed by atoms with van der Waals surface area (Å²) in [5, 5.41) is 14.7. The predicted molar refractivity (Wildman–Crippen MR) is 119 cm³/mol. The van der Waals surface area contributed by atoms with Crippen LogP contribution in [0.2, 0.25) is 0 Å². The maximum Gasteiger partial charge on any atom is 0.327 e. The van der Waals surface area contributed by atoms with Gasteiger partial charge in [-0.2, -0.15) is 0 Å². The maximum atomic E-state index is 12.8. The second-order valence-electron chi connectivity index (χ2n) is 8.15. The molecule has 0 bridgehead atoms. The first-order valence-corrected chi connectivity index (χ1v) is 11.0. The van der Waals surface area contributed by atoms with E-state index in [1.54, 1.807) is 24.1 Å². The van der Waals surface area contributed by atoms with E-state index < -0.39 is 12.0 Å². The third kappa shape index (κ3) is 5.48. The van der Waals surface area contributed by atoms with E-state index in [9.17, 15) is 14.4 Å². The van der Waals surface area contributed by atoms with Gasteiger partial charge >= 0.3 is 5.97 Å². The highest BCUT2D eigenvalue weighted by Gasteiger charge is 2.34. The normalized spacial score (nSPS) is 15.4. The van der Waals surface area contributed by atoms with Crippen LogP contribution in [0.15, 0.2) is 41.1 Å². The summed E-state index contributed by atoms with van der Waals surface area (Å²) in [4.78, 5) is 38.5. The Kier molecular flexibility index (Phi) is 7.00. The fourth-order valence-corrected chi connectivity index (χ4v) is 3.89. The number of aromatic nitrogens is 4. The van der Waals surface area contributed by atoms with Gasteiger partial charge in [0.05, 0.1) is 25.4 Å². The number of carbonyl (C=O) groups excluding carboxylic acids is 3. The van der Waals surface area contributed by atoms with Crippen molar-refractivity contribution in [1.29, 1.82) is 0 Å². The van der Waals surface area contributed by atoms with Crippen molar-refractivity contribution in [1.82, 2.24) is 30.4 Å². The molecule has 0 aliphatic carbocycles. The average Bonchev–Trinajstić information content (AvgIpc) is 3.59. The minimum atomic E-state index is -0.486. The Hall–Kier alpha value is -4.02. The van der Waals surface area contributed by atoms with Crippen LogP contribution in [-0.2, 0) is 38.6 Å². The summed E-state index contributed by atoms with van der Waals surface area (Å²) in [7, 11) is 1.32. The molecule has 4 rings (SSSR count). The third-order valence-electron chi connectivity index (χ3n) is 5.65. The summed E-state index contributed by atoms with van der Waals surface area (Å²) < 4.78 is 11.2. The molecule has 3 aromatic rings. The van der Waals surface area contributed by atoms with E-state index in [-0.39, 0.29) is 24.8 Å². The minimum Gasteiger partial charge on any atom is -0.468 e. The zero-order valence-electron chi connectivity index (χ0n) is 19.1. The number of benzene rings is 1. The van der Waals surface area contributed by atoms with E-state index in [4.69, 9.17) is 4.52 Å². The molecule has 2 aromatic heterocycles. The Morgan fingerprint density at radius 1 is 1.24 bits per heavy atom. The molecule has 1 aliphatic rings. The van der Waals surface area contributed by atoms with Crippen molar-refractivity contribution in [3.63, 3.8) is 0 Å². The molecule has 2 amide bonds. The number of rotatable bonds is 8.